The number of nitrogens with zero attached hydrogens (tertiary/aromatic N) is 4. The Labute approximate surface area is 137 Å². The number of aromatic nitrogens is 2. The maximum Gasteiger partial charge on any atom is 0.327 e. The lowest BCUT2D eigenvalue weighted by molar-refractivity contribution is -0.126. The van der Waals surface area contributed by atoms with E-state index in [1.165, 1.54) is 6.07 Å². The Balaban J connectivity index is 1.52. The molecule has 2 aliphatic rings. The highest BCUT2D eigenvalue weighted by Crippen LogP contribution is 2.30. The molecule has 0 unspecified atom stereocenters. The second-order valence-electron chi connectivity index (χ2n) is 6.10. The molecule has 7 nitrogen and oxygen atoms in total. The summed E-state index contributed by atoms with van der Waals surface area (Å²) in [5, 5.41) is 3.80. The summed E-state index contributed by atoms with van der Waals surface area (Å²) < 4.78 is 18.7. The average molecular weight is 330 g/mol. The van der Waals surface area contributed by atoms with Crippen LogP contribution in [0.1, 0.15) is 24.3 Å². The quantitative estimate of drug-likeness (QED) is 0.802. The lowest BCUT2D eigenvalue weighted by atomic mass is 10.1. The van der Waals surface area contributed by atoms with Crippen molar-refractivity contribution in [2.24, 2.45) is 0 Å². The van der Waals surface area contributed by atoms with Gasteiger partial charge in [-0.25, -0.2) is 9.18 Å². The van der Waals surface area contributed by atoms with Crippen LogP contribution in [0.2, 0.25) is 0 Å². The fourth-order valence-corrected chi connectivity index (χ4v) is 2.69. The first-order valence-electron chi connectivity index (χ1n) is 7.73. The Hall–Kier alpha value is -2.77. The van der Waals surface area contributed by atoms with Crippen LogP contribution >= 0.6 is 0 Å². The van der Waals surface area contributed by atoms with E-state index >= 15 is 0 Å². The van der Waals surface area contributed by atoms with E-state index in [4.69, 9.17) is 4.52 Å². The monoisotopic (exact) mass is 330 g/mol. The van der Waals surface area contributed by atoms with Gasteiger partial charge in [-0.3, -0.25) is 9.69 Å². The minimum atomic E-state index is -0.358. The number of rotatable bonds is 4. The van der Waals surface area contributed by atoms with Gasteiger partial charge in [0.15, 0.2) is 0 Å². The normalized spacial score (nSPS) is 17.9. The molecular formula is C16H15FN4O3. The Bertz CT molecular complexity index is 830. The van der Waals surface area contributed by atoms with E-state index in [-0.39, 0.29) is 48.6 Å². The van der Waals surface area contributed by atoms with E-state index in [0.29, 0.717) is 11.1 Å². The van der Waals surface area contributed by atoms with Gasteiger partial charge in [0, 0.05) is 11.6 Å². The zero-order valence-electron chi connectivity index (χ0n) is 13.0. The number of hydrogen-bond donors (Lipinski definition) is 0. The molecule has 1 aliphatic carbocycles. The maximum absolute atomic E-state index is 13.6. The summed E-state index contributed by atoms with van der Waals surface area (Å²) in [6.07, 6.45) is 1.88. The smallest absolute Gasteiger partial charge is 0.327 e. The highest BCUT2D eigenvalue weighted by Gasteiger charge is 2.44. The van der Waals surface area contributed by atoms with Crippen molar-refractivity contribution >= 4 is 11.9 Å². The van der Waals surface area contributed by atoms with E-state index in [9.17, 15) is 14.0 Å². The van der Waals surface area contributed by atoms with Gasteiger partial charge in [0.25, 0.3) is 5.91 Å². The van der Waals surface area contributed by atoms with Crippen LogP contribution in [0.3, 0.4) is 0 Å². The number of hydrogen-bond acceptors (Lipinski definition) is 5. The molecular weight excluding hydrogens is 315 g/mol. The molecule has 1 aliphatic heterocycles. The van der Waals surface area contributed by atoms with Crippen LogP contribution < -0.4 is 0 Å². The lowest BCUT2D eigenvalue weighted by Gasteiger charge is -2.14. The SMILES string of the molecule is Cc1ccc(-c2noc(CN3C(=O)CN(C4CC4)C3=O)n2)cc1F. The van der Waals surface area contributed by atoms with Crippen LogP contribution in [0.15, 0.2) is 22.7 Å². The number of carbonyl (C=O) groups excluding carboxylic acids is 2. The Morgan fingerprint density at radius 3 is 2.83 bits per heavy atom. The summed E-state index contributed by atoms with van der Waals surface area (Å²) in [7, 11) is 0. The fraction of sp³-hybridized carbons (Fsp3) is 0.375. The molecule has 1 saturated heterocycles. The van der Waals surface area contributed by atoms with Gasteiger partial charge in [0.1, 0.15) is 18.9 Å². The number of urea groups is 1. The summed E-state index contributed by atoms with van der Waals surface area (Å²) in [6, 6.07) is 4.50. The van der Waals surface area contributed by atoms with E-state index in [2.05, 4.69) is 10.1 Å². The third-order valence-electron chi connectivity index (χ3n) is 4.26. The van der Waals surface area contributed by atoms with Crippen LogP contribution in [0.4, 0.5) is 9.18 Å². The minimum Gasteiger partial charge on any atom is -0.337 e. The lowest BCUT2D eigenvalue weighted by Crippen LogP contribution is -2.33. The predicted octanol–water partition coefficient (Wildman–Crippen LogP) is 2.11. The van der Waals surface area contributed by atoms with Crippen molar-refractivity contribution < 1.29 is 18.5 Å². The Kier molecular flexibility index (Phi) is 3.33. The van der Waals surface area contributed by atoms with Gasteiger partial charge in [0.2, 0.25) is 11.7 Å². The average Bonchev–Trinajstić information content (AvgIpc) is 3.23. The molecule has 3 amide bonds. The van der Waals surface area contributed by atoms with Crippen molar-refractivity contribution in [1.29, 1.82) is 0 Å². The molecule has 1 aromatic carbocycles. The van der Waals surface area contributed by atoms with Gasteiger partial charge in [-0.05, 0) is 31.4 Å². The van der Waals surface area contributed by atoms with Crippen molar-refractivity contribution in [2.75, 3.05) is 6.54 Å². The molecule has 24 heavy (non-hydrogen) atoms. The van der Waals surface area contributed by atoms with Crippen molar-refractivity contribution in [3.05, 3.63) is 35.5 Å². The predicted molar refractivity (Wildman–Crippen MR) is 80.1 cm³/mol. The van der Waals surface area contributed by atoms with Gasteiger partial charge in [-0.2, -0.15) is 4.98 Å². The van der Waals surface area contributed by atoms with E-state index < -0.39 is 0 Å². The minimum absolute atomic E-state index is 0.0672. The van der Waals surface area contributed by atoms with Gasteiger partial charge in [0.05, 0.1) is 0 Å². The standard InChI is InChI=1S/C16H15FN4O3/c1-9-2-3-10(6-12(9)17)15-18-13(24-19-15)7-21-14(22)8-20(16(21)23)11-4-5-11/h2-3,6,11H,4-5,7-8H2,1H3. The molecule has 4 rings (SSSR count). The van der Waals surface area contributed by atoms with E-state index in [0.717, 1.165) is 17.7 Å². The van der Waals surface area contributed by atoms with Gasteiger partial charge < -0.3 is 9.42 Å². The van der Waals surface area contributed by atoms with Gasteiger partial charge in [-0.1, -0.05) is 17.3 Å². The summed E-state index contributed by atoms with van der Waals surface area (Å²) >= 11 is 0. The Morgan fingerprint density at radius 2 is 2.12 bits per heavy atom. The molecule has 2 heterocycles. The van der Waals surface area contributed by atoms with Crippen molar-refractivity contribution in [1.82, 2.24) is 19.9 Å². The second-order valence-corrected chi connectivity index (χ2v) is 6.10. The van der Waals surface area contributed by atoms with Crippen LogP contribution in [0, 0.1) is 12.7 Å². The third-order valence-corrected chi connectivity index (χ3v) is 4.26. The summed E-state index contributed by atoms with van der Waals surface area (Å²) in [6.45, 7) is 1.70. The molecule has 8 heteroatoms. The van der Waals surface area contributed by atoms with Crippen molar-refractivity contribution in [2.45, 2.75) is 32.4 Å². The number of amides is 3. The van der Waals surface area contributed by atoms with Crippen LogP contribution in [0.5, 0.6) is 0 Å². The molecule has 0 atom stereocenters. The van der Waals surface area contributed by atoms with Gasteiger partial charge in [-0.15, -0.1) is 0 Å². The summed E-state index contributed by atoms with van der Waals surface area (Å²) in [4.78, 5) is 31.1. The first kappa shape index (κ1) is 14.8. The van der Waals surface area contributed by atoms with Crippen molar-refractivity contribution in [3.63, 3.8) is 0 Å². The Morgan fingerprint density at radius 1 is 1.33 bits per heavy atom. The highest BCUT2D eigenvalue weighted by molar-refractivity contribution is 6.02. The first-order valence-corrected chi connectivity index (χ1v) is 7.73. The molecule has 2 fully saturated rings. The number of imide groups is 1. The number of benzene rings is 1. The summed E-state index contributed by atoms with van der Waals surface area (Å²) in [5.74, 6) is -0.260. The van der Waals surface area contributed by atoms with Crippen molar-refractivity contribution in [3.8, 4) is 11.4 Å². The molecule has 124 valence electrons. The van der Waals surface area contributed by atoms with E-state index in [1.54, 1.807) is 24.0 Å². The summed E-state index contributed by atoms with van der Waals surface area (Å²) in [5.41, 5.74) is 1.00. The molecule has 0 bridgehead atoms. The first-order chi connectivity index (χ1) is 11.5. The van der Waals surface area contributed by atoms with Crippen LogP contribution in [-0.4, -0.2) is 44.5 Å². The topological polar surface area (TPSA) is 79.5 Å². The maximum atomic E-state index is 13.6. The largest absolute Gasteiger partial charge is 0.337 e. The second kappa shape index (κ2) is 5.40. The zero-order chi connectivity index (χ0) is 16.8. The molecule has 1 saturated carbocycles. The third kappa shape index (κ3) is 2.53. The van der Waals surface area contributed by atoms with E-state index in [1.807, 2.05) is 0 Å². The highest BCUT2D eigenvalue weighted by atomic mass is 19.1. The van der Waals surface area contributed by atoms with Gasteiger partial charge >= 0.3 is 6.03 Å². The van der Waals surface area contributed by atoms with Crippen LogP contribution in [0.25, 0.3) is 11.4 Å². The molecule has 0 N–H and O–H groups in total. The molecule has 0 radical (unpaired) electrons. The fourth-order valence-electron chi connectivity index (χ4n) is 2.69. The number of carbonyl (C=O) groups is 2. The zero-order valence-corrected chi connectivity index (χ0v) is 13.0. The number of halogens is 1. The molecule has 2 aromatic rings. The molecule has 0 spiro atoms. The van der Waals surface area contributed by atoms with Crippen LogP contribution in [-0.2, 0) is 11.3 Å². The molecule has 1 aromatic heterocycles. The number of aryl methyl sites for hydroxylation is 1.